The summed E-state index contributed by atoms with van der Waals surface area (Å²) in [5.74, 6) is 2.24. The Morgan fingerprint density at radius 3 is 3.06 bits per heavy atom. The van der Waals surface area contributed by atoms with E-state index >= 15 is 0 Å². The van der Waals surface area contributed by atoms with E-state index in [0.717, 1.165) is 18.4 Å². The second-order valence-corrected chi connectivity index (χ2v) is 6.30. The van der Waals surface area contributed by atoms with E-state index in [0.29, 0.717) is 12.0 Å². The molecule has 1 saturated heterocycles. The molecule has 2 bridgehead atoms. The molecular weight excluding hydrogens is 208 g/mol. The van der Waals surface area contributed by atoms with Crippen LogP contribution in [0.3, 0.4) is 0 Å². The van der Waals surface area contributed by atoms with Crippen LogP contribution in [0.2, 0.25) is 0 Å². The van der Waals surface area contributed by atoms with Gasteiger partial charge in [0.05, 0.1) is 6.10 Å². The Hall–Kier alpha value is -0.560. The zero-order valence-corrected chi connectivity index (χ0v) is 11.0. The van der Waals surface area contributed by atoms with Crippen LogP contribution in [0.25, 0.3) is 0 Å². The van der Waals surface area contributed by atoms with Crippen molar-refractivity contribution in [3.05, 3.63) is 23.8 Å². The monoisotopic (exact) mass is 232 g/mol. The van der Waals surface area contributed by atoms with E-state index in [4.69, 9.17) is 4.74 Å². The highest BCUT2D eigenvalue weighted by Crippen LogP contribution is 2.44. The number of rotatable bonds is 1. The molecule has 1 nitrogen and oxygen atoms in total. The van der Waals surface area contributed by atoms with E-state index in [9.17, 15) is 0 Å². The largest absolute Gasteiger partial charge is 0.377 e. The summed E-state index contributed by atoms with van der Waals surface area (Å²) in [5, 5.41) is 0. The van der Waals surface area contributed by atoms with Gasteiger partial charge in [-0.15, -0.1) is 0 Å². The minimum atomic E-state index is 0.475. The van der Waals surface area contributed by atoms with Crippen molar-refractivity contribution < 1.29 is 4.74 Å². The zero-order valence-electron chi connectivity index (χ0n) is 11.0. The molecule has 2 aliphatic carbocycles. The van der Waals surface area contributed by atoms with Gasteiger partial charge < -0.3 is 4.74 Å². The molecule has 3 rings (SSSR count). The third-order valence-corrected chi connectivity index (χ3v) is 4.99. The van der Waals surface area contributed by atoms with Gasteiger partial charge in [0.1, 0.15) is 0 Å². The normalized spacial score (nSPS) is 42.2. The maximum atomic E-state index is 6.22. The number of allylic oxidation sites excluding steroid dienone is 2. The molecule has 94 valence electrons. The van der Waals surface area contributed by atoms with E-state index in [1.165, 1.54) is 44.1 Å². The van der Waals surface area contributed by atoms with Gasteiger partial charge in [-0.25, -0.2) is 0 Å². The van der Waals surface area contributed by atoms with Crippen LogP contribution in [-0.2, 0) is 4.74 Å². The first-order valence-corrected chi connectivity index (χ1v) is 7.19. The summed E-state index contributed by atoms with van der Waals surface area (Å²) >= 11 is 0. The topological polar surface area (TPSA) is 9.23 Å². The van der Waals surface area contributed by atoms with Gasteiger partial charge in [0, 0.05) is 12.5 Å². The lowest BCUT2D eigenvalue weighted by Gasteiger charge is -2.45. The van der Waals surface area contributed by atoms with Crippen LogP contribution in [0.15, 0.2) is 23.8 Å². The first kappa shape index (κ1) is 11.5. The molecule has 0 radical (unpaired) electrons. The Balaban J connectivity index is 1.74. The smallest absolute Gasteiger partial charge is 0.0671 e. The second kappa shape index (κ2) is 4.61. The van der Waals surface area contributed by atoms with Crippen LogP contribution in [0.1, 0.15) is 45.4 Å². The number of hydrogen-bond donors (Lipinski definition) is 0. The van der Waals surface area contributed by atoms with Crippen LogP contribution in [0, 0.1) is 17.8 Å². The second-order valence-electron chi connectivity index (χ2n) is 6.30. The highest BCUT2D eigenvalue weighted by Gasteiger charge is 2.40. The molecule has 1 heteroatoms. The Kier molecular flexibility index (Phi) is 3.12. The maximum Gasteiger partial charge on any atom is 0.0671 e. The van der Waals surface area contributed by atoms with Crippen molar-refractivity contribution in [2.75, 3.05) is 6.61 Å². The van der Waals surface area contributed by atoms with E-state index in [1.54, 1.807) is 5.57 Å². The zero-order chi connectivity index (χ0) is 11.8. The quantitative estimate of drug-likeness (QED) is 0.618. The van der Waals surface area contributed by atoms with Gasteiger partial charge >= 0.3 is 0 Å². The number of ether oxygens (including phenoxy) is 1. The van der Waals surface area contributed by atoms with Crippen LogP contribution >= 0.6 is 0 Å². The molecule has 0 aromatic carbocycles. The molecule has 0 aromatic heterocycles. The molecule has 0 amide bonds. The predicted molar refractivity (Wildman–Crippen MR) is 70.8 cm³/mol. The van der Waals surface area contributed by atoms with Crippen LogP contribution < -0.4 is 0 Å². The Bertz CT molecular complexity index is 341. The number of fused-ring (bicyclic) bond motifs is 2. The molecule has 3 aliphatic rings. The highest BCUT2D eigenvalue weighted by molar-refractivity contribution is 5.13. The lowest BCUT2D eigenvalue weighted by molar-refractivity contribution is -0.0881. The van der Waals surface area contributed by atoms with E-state index < -0.39 is 0 Å². The SMILES string of the molecule is C=C1CC[C@@H]2CO[C@H]([C@@H]3CCC=C(C)C3)[C@@H]1C2. The first-order chi connectivity index (χ1) is 8.24. The summed E-state index contributed by atoms with van der Waals surface area (Å²) in [5.41, 5.74) is 3.03. The first-order valence-electron chi connectivity index (χ1n) is 7.19. The Morgan fingerprint density at radius 2 is 2.24 bits per heavy atom. The molecule has 2 fully saturated rings. The van der Waals surface area contributed by atoms with Crippen molar-refractivity contribution in [2.24, 2.45) is 17.8 Å². The summed E-state index contributed by atoms with van der Waals surface area (Å²) in [4.78, 5) is 0. The fourth-order valence-electron chi connectivity index (χ4n) is 3.99. The average Bonchev–Trinajstić information content (AvgIpc) is 2.34. The highest BCUT2D eigenvalue weighted by atomic mass is 16.5. The summed E-state index contributed by atoms with van der Waals surface area (Å²) in [6, 6.07) is 0. The molecule has 0 unspecified atom stereocenters. The van der Waals surface area contributed by atoms with Gasteiger partial charge in [-0.2, -0.15) is 0 Å². The molecule has 0 aromatic rings. The summed E-state index contributed by atoms with van der Waals surface area (Å²) in [7, 11) is 0. The standard InChI is InChI=1S/C16H24O/c1-11-4-3-5-14(8-11)16-15-9-13(10-17-16)7-6-12(15)2/h4,13-16H,2-3,5-10H2,1H3/t13-,14+,15+,16+/m0/s1. The van der Waals surface area contributed by atoms with Crippen molar-refractivity contribution >= 4 is 0 Å². The minimum absolute atomic E-state index is 0.475. The van der Waals surface area contributed by atoms with Gasteiger partial charge in [0.2, 0.25) is 0 Å². The van der Waals surface area contributed by atoms with Crippen molar-refractivity contribution in [1.29, 1.82) is 0 Å². The fraction of sp³-hybridized carbons (Fsp3) is 0.750. The maximum absolute atomic E-state index is 6.22. The molecule has 0 spiro atoms. The van der Waals surface area contributed by atoms with Gasteiger partial charge in [-0.3, -0.25) is 0 Å². The lowest BCUT2D eigenvalue weighted by atomic mass is 9.69. The molecule has 1 heterocycles. The predicted octanol–water partition coefficient (Wildman–Crippen LogP) is 4.10. The van der Waals surface area contributed by atoms with Gasteiger partial charge in [-0.1, -0.05) is 23.8 Å². The van der Waals surface area contributed by atoms with Crippen LogP contribution in [0.5, 0.6) is 0 Å². The molecular formula is C16H24O. The number of hydrogen-bond acceptors (Lipinski definition) is 1. The summed E-state index contributed by atoms with van der Waals surface area (Å²) in [6.07, 6.45) is 10.6. The Labute approximate surface area is 105 Å². The third kappa shape index (κ3) is 2.22. The fourth-order valence-corrected chi connectivity index (χ4v) is 3.99. The van der Waals surface area contributed by atoms with Crippen LogP contribution in [0.4, 0.5) is 0 Å². The molecule has 1 saturated carbocycles. The minimum Gasteiger partial charge on any atom is -0.377 e. The van der Waals surface area contributed by atoms with Crippen LogP contribution in [-0.4, -0.2) is 12.7 Å². The van der Waals surface area contributed by atoms with Gasteiger partial charge in [0.15, 0.2) is 0 Å². The van der Waals surface area contributed by atoms with Crippen molar-refractivity contribution in [3.8, 4) is 0 Å². The summed E-state index contributed by atoms with van der Waals surface area (Å²) in [6.45, 7) is 7.58. The summed E-state index contributed by atoms with van der Waals surface area (Å²) < 4.78 is 6.22. The third-order valence-electron chi connectivity index (χ3n) is 4.99. The van der Waals surface area contributed by atoms with Crippen molar-refractivity contribution in [1.82, 2.24) is 0 Å². The lowest BCUT2D eigenvalue weighted by Crippen LogP contribution is -2.43. The van der Waals surface area contributed by atoms with E-state index in [1.807, 2.05) is 0 Å². The van der Waals surface area contributed by atoms with E-state index in [2.05, 4.69) is 19.6 Å². The van der Waals surface area contributed by atoms with Crippen molar-refractivity contribution in [3.63, 3.8) is 0 Å². The van der Waals surface area contributed by atoms with Gasteiger partial charge in [0.25, 0.3) is 0 Å². The molecule has 1 aliphatic heterocycles. The molecule has 4 atom stereocenters. The van der Waals surface area contributed by atoms with Crippen molar-refractivity contribution in [2.45, 2.75) is 51.6 Å². The molecule has 17 heavy (non-hydrogen) atoms. The Morgan fingerprint density at radius 1 is 1.35 bits per heavy atom. The average molecular weight is 232 g/mol. The molecule has 0 N–H and O–H groups in total. The van der Waals surface area contributed by atoms with E-state index in [-0.39, 0.29) is 0 Å². The van der Waals surface area contributed by atoms with Gasteiger partial charge in [-0.05, 0) is 57.3 Å².